The van der Waals surface area contributed by atoms with Crippen LogP contribution in [-0.2, 0) is 4.79 Å². The van der Waals surface area contributed by atoms with Crippen molar-refractivity contribution in [3.05, 3.63) is 64.5 Å². The lowest BCUT2D eigenvalue weighted by Crippen LogP contribution is -2.32. The number of amides is 1. The standard InChI is InChI=1S/C16H15FN2O4/c1-2-15(23-12-6-4-3-5-7-12)16(20)18-14-10-11(19(21)22)8-9-13(14)17/h3-10,15H,2H2,1H3,(H,18,20). The number of nitrogens with zero attached hydrogens (tertiary/aromatic N) is 1. The highest BCUT2D eigenvalue weighted by Gasteiger charge is 2.21. The van der Waals surface area contributed by atoms with Crippen molar-refractivity contribution in [2.75, 3.05) is 5.32 Å². The van der Waals surface area contributed by atoms with E-state index in [2.05, 4.69) is 5.32 Å². The number of hydrogen-bond acceptors (Lipinski definition) is 4. The van der Waals surface area contributed by atoms with Crippen LogP contribution in [0, 0.1) is 15.9 Å². The summed E-state index contributed by atoms with van der Waals surface area (Å²) in [5.41, 5.74) is -0.557. The summed E-state index contributed by atoms with van der Waals surface area (Å²) in [5, 5.41) is 13.1. The van der Waals surface area contributed by atoms with Gasteiger partial charge in [0.15, 0.2) is 6.10 Å². The van der Waals surface area contributed by atoms with E-state index >= 15 is 0 Å². The van der Waals surface area contributed by atoms with Gasteiger partial charge in [0.25, 0.3) is 11.6 Å². The first-order valence-electron chi connectivity index (χ1n) is 6.97. The highest BCUT2D eigenvalue weighted by Crippen LogP contribution is 2.22. The third-order valence-electron chi connectivity index (χ3n) is 3.10. The van der Waals surface area contributed by atoms with Gasteiger partial charge in [-0.25, -0.2) is 4.39 Å². The summed E-state index contributed by atoms with van der Waals surface area (Å²) in [5.74, 6) is -0.816. The van der Waals surface area contributed by atoms with Crippen molar-refractivity contribution in [2.24, 2.45) is 0 Å². The van der Waals surface area contributed by atoms with Gasteiger partial charge >= 0.3 is 0 Å². The monoisotopic (exact) mass is 318 g/mol. The average molecular weight is 318 g/mol. The molecule has 0 fully saturated rings. The molecule has 0 saturated heterocycles. The zero-order valence-electron chi connectivity index (χ0n) is 12.4. The lowest BCUT2D eigenvalue weighted by Gasteiger charge is -2.17. The number of nitro benzene ring substituents is 1. The lowest BCUT2D eigenvalue weighted by molar-refractivity contribution is -0.384. The molecule has 0 radical (unpaired) electrons. The van der Waals surface area contributed by atoms with Gasteiger partial charge < -0.3 is 10.1 Å². The Kier molecular flexibility index (Phi) is 5.24. The molecule has 0 aromatic heterocycles. The Bertz CT molecular complexity index is 706. The summed E-state index contributed by atoms with van der Waals surface area (Å²) < 4.78 is 19.3. The number of carbonyl (C=O) groups excluding carboxylic acids is 1. The zero-order valence-corrected chi connectivity index (χ0v) is 12.4. The van der Waals surface area contributed by atoms with Gasteiger partial charge in [0, 0.05) is 12.1 Å². The molecule has 7 heteroatoms. The second kappa shape index (κ2) is 7.35. The molecule has 1 amide bonds. The maximum atomic E-state index is 13.7. The number of hydrogen-bond donors (Lipinski definition) is 1. The van der Waals surface area contributed by atoms with E-state index in [0.29, 0.717) is 12.2 Å². The van der Waals surface area contributed by atoms with Gasteiger partial charge in [-0.1, -0.05) is 25.1 Å². The van der Waals surface area contributed by atoms with Gasteiger partial charge in [0.05, 0.1) is 10.6 Å². The molecule has 6 nitrogen and oxygen atoms in total. The van der Waals surface area contributed by atoms with Crippen molar-refractivity contribution < 1.29 is 18.8 Å². The summed E-state index contributed by atoms with van der Waals surface area (Å²) in [6.45, 7) is 1.75. The van der Waals surface area contributed by atoms with E-state index in [4.69, 9.17) is 4.74 Å². The van der Waals surface area contributed by atoms with E-state index in [1.54, 1.807) is 31.2 Å². The summed E-state index contributed by atoms with van der Waals surface area (Å²) in [6.07, 6.45) is -0.479. The van der Waals surface area contributed by atoms with Crippen LogP contribution >= 0.6 is 0 Å². The van der Waals surface area contributed by atoms with Crippen LogP contribution in [0.25, 0.3) is 0 Å². The van der Waals surface area contributed by atoms with Crippen LogP contribution in [-0.4, -0.2) is 16.9 Å². The molecule has 0 aliphatic heterocycles. The number of nitro groups is 1. The second-order valence-electron chi connectivity index (χ2n) is 4.74. The van der Waals surface area contributed by atoms with Crippen LogP contribution in [0.3, 0.4) is 0 Å². The summed E-state index contributed by atoms with van der Waals surface area (Å²) in [4.78, 5) is 22.3. The van der Waals surface area contributed by atoms with E-state index in [0.717, 1.165) is 18.2 Å². The Morgan fingerprint density at radius 3 is 2.61 bits per heavy atom. The third kappa shape index (κ3) is 4.26. The fraction of sp³-hybridized carbons (Fsp3) is 0.188. The van der Waals surface area contributed by atoms with Crippen molar-refractivity contribution in [1.29, 1.82) is 0 Å². The molecule has 1 atom stereocenters. The van der Waals surface area contributed by atoms with Gasteiger partial charge in [-0.2, -0.15) is 0 Å². The maximum Gasteiger partial charge on any atom is 0.271 e. The van der Waals surface area contributed by atoms with E-state index < -0.39 is 22.8 Å². The molecular weight excluding hydrogens is 303 g/mol. The molecule has 0 heterocycles. The summed E-state index contributed by atoms with van der Waals surface area (Å²) in [7, 11) is 0. The van der Waals surface area contributed by atoms with Crippen molar-refractivity contribution in [3.63, 3.8) is 0 Å². The molecule has 1 unspecified atom stereocenters. The molecule has 0 aliphatic carbocycles. The molecule has 2 rings (SSSR count). The number of benzene rings is 2. The number of non-ortho nitro benzene ring substituents is 1. The molecule has 0 spiro atoms. The zero-order chi connectivity index (χ0) is 16.8. The van der Waals surface area contributed by atoms with Crippen LogP contribution < -0.4 is 10.1 Å². The Balaban J connectivity index is 2.13. The normalized spacial score (nSPS) is 11.6. The predicted molar refractivity (Wildman–Crippen MR) is 82.8 cm³/mol. The van der Waals surface area contributed by atoms with Gasteiger partial charge in [-0.05, 0) is 24.6 Å². The lowest BCUT2D eigenvalue weighted by atomic mass is 10.2. The van der Waals surface area contributed by atoms with Crippen molar-refractivity contribution in [2.45, 2.75) is 19.4 Å². The number of rotatable bonds is 6. The van der Waals surface area contributed by atoms with Gasteiger partial charge in [-0.15, -0.1) is 0 Å². The van der Waals surface area contributed by atoms with Gasteiger partial charge in [0.2, 0.25) is 0 Å². The number of halogens is 1. The van der Waals surface area contributed by atoms with Crippen LogP contribution in [0.15, 0.2) is 48.5 Å². The van der Waals surface area contributed by atoms with Crippen molar-refractivity contribution in [1.82, 2.24) is 0 Å². The first-order valence-corrected chi connectivity index (χ1v) is 6.97. The van der Waals surface area contributed by atoms with Gasteiger partial charge in [0.1, 0.15) is 11.6 Å². The first-order chi connectivity index (χ1) is 11.0. The van der Waals surface area contributed by atoms with E-state index in [1.807, 2.05) is 6.07 Å². The largest absolute Gasteiger partial charge is 0.481 e. The summed E-state index contributed by atoms with van der Waals surface area (Å²) in [6, 6.07) is 11.7. The maximum absolute atomic E-state index is 13.7. The van der Waals surface area contributed by atoms with Crippen LogP contribution in [0.4, 0.5) is 15.8 Å². The average Bonchev–Trinajstić information content (AvgIpc) is 2.55. The molecule has 120 valence electrons. The predicted octanol–water partition coefficient (Wildman–Crippen LogP) is 3.53. The number of anilines is 1. The van der Waals surface area contributed by atoms with Crippen LogP contribution in [0.5, 0.6) is 5.75 Å². The number of carbonyl (C=O) groups is 1. The SMILES string of the molecule is CCC(Oc1ccccc1)C(=O)Nc1cc([N+](=O)[O-])ccc1F. The summed E-state index contributed by atoms with van der Waals surface area (Å²) >= 11 is 0. The second-order valence-corrected chi connectivity index (χ2v) is 4.74. The minimum Gasteiger partial charge on any atom is -0.481 e. The smallest absolute Gasteiger partial charge is 0.271 e. The molecule has 1 N–H and O–H groups in total. The third-order valence-corrected chi connectivity index (χ3v) is 3.10. The van der Waals surface area contributed by atoms with E-state index in [1.165, 1.54) is 0 Å². The molecule has 23 heavy (non-hydrogen) atoms. The van der Waals surface area contributed by atoms with Gasteiger partial charge in [-0.3, -0.25) is 14.9 Å². The highest BCUT2D eigenvalue weighted by molar-refractivity contribution is 5.94. The molecule has 0 bridgehead atoms. The topological polar surface area (TPSA) is 81.5 Å². The molecule has 0 saturated carbocycles. The number of para-hydroxylation sites is 1. The van der Waals surface area contributed by atoms with Crippen molar-refractivity contribution in [3.8, 4) is 5.75 Å². The van der Waals surface area contributed by atoms with E-state index in [-0.39, 0.29) is 11.4 Å². The Hall–Kier alpha value is -2.96. The van der Waals surface area contributed by atoms with Crippen LogP contribution in [0.1, 0.15) is 13.3 Å². The Morgan fingerprint density at radius 1 is 1.30 bits per heavy atom. The number of nitrogens with one attached hydrogen (secondary N) is 1. The molecule has 2 aromatic carbocycles. The van der Waals surface area contributed by atoms with Crippen LogP contribution in [0.2, 0.25) is 0 Å². The molecule has 2 aromatic rings. The molecule has 0 aliphatic rings. The Labute approximate surface area is 132 Å². The minimum atomic E-state index is -0.837. The fourth-order valence-electron chi connectivity index (χ4n) is 1.92. The minimum absolute atomic E-state index is 0.251. The fourth-order valence-corrected chi connectivity index (χ4v) is 1.92. The van der Waals surface area contributed by atoms with E-state index in [9.17, 15) is 19.3 Å². The highest BCUT2D eigenvalue weighted by atomic mass is 19.1. The number of ether oxygens (including phenoxy) is 1. The van der Waals surface area contributed by atoms with Crippen molar-refractivity contribution >= 4 is 17.3 Å². The Morgan fingerprint density at radius 2 is 2.00 bits per heavy atom. The molecular formula is C16H15FN2O4. The first kappa shape index (κ1) is 16.4. The quantitative estimate of drug-likeness (QED) is 0.652.